The van der Waals surface area contributed by atoms with Crippen LogP contribution in [0.15, 0.2) is 18.2 Å². The topological polar surface area (TPSA) is 77.1 Å². The highest BCUT2D eigenvalue weighted by molar-refractivity contribution is 6.30. The minimum Gasteiger partial charge on any atom is -0.480 e. The van der Waals surface area contributed by atoms with Crippen LogP contribution in [0.1, 0.15) is 18.4 Å². The van der Waals surface area contributed by atoms with Gasteiger partial charge in [-0.2, -0.15) is 10.5 Å². The van der Waals surface area contributed by atoms with E-state index < -0.39 is 6.10 Å². The van der Waals surface area contributed by atoms with Crippen molar-refractivity contribution in [3.63, 3.8) is 0 Å². The third-order valence-corrected chi connectivity index (χ3v) is 3.51. The number of hydrogen-bond acceptors (Lipinski definition) is 4. The van der Waals surface area contributed by atoms with Crippen LogP contribution in [-0.4, -0.2) is 30.0 Å². The van der Waals surface area contributed by atoms with Crippen LogP contribution in [-0.2, 0) is 11.2 Å². The number of benzene rings is 1. The number of ether oxygens (including phenoxy) is 1. The number of halogens is 1. The summed E-state index contributed by atoms with van der Waals surface area (Å²) in [6.07, 6.45) is 0.339. The molecular formula is C15H14ClN3O2. The molecule has 21 heavy (non-hydrogen) atoms. The number of amides is 1. The zero-order valence-electron chi connectivity index (χ0n) is 11.4. The van der Waals surface area contributed by atoms with Gasteiger partial charge in [-0.05, 0) is 23.8 Å². The average molecular weight is 304 g/mol. The molecule has 0 saturated heterocycles. The van der Waals surface area contributed by atoms with Gasteiger partial charge in [-0.25, -0.2) is 0 Å². The van der Waals surface area contributed by atoms with Gasteiger partial charge in [0.05, 0.1) is 25.0 Å². The summed E-state index contributed by atoms with van der Waals surface area (Å²) in [5, 5.41) is 17.9. The summed E-state index contributed by atoms with van der Waals surface area (Å²) in [7, 11) is 0. The third-order valence-electron chi connectivity index (χ3n) is 3.27. The normalized spacial score (nSPS) is 15.5. The quantitative estimate of drug-likeness (QED) is 0.836. The Labute approximate surface area is 128 Å². The molecule has 5 nitrogen and oxygen atoms in total. The van der Waals surface area contributed by atoms with Gasteiger partial charge < -0.3 is 9.64 Å². The first-order chi connectivity index (χ1) is 10.2. The Kier molecular flexibility index (Phi) is 5.03. The van der Waals surface area contributed by atoms with Gasteiger partial charge in [0.2, 0.25) is 0 Å². The van der Waals surface area contributed by atoms with Gasteiger partial charge in [-0.1, -0.05) is 11.6 Å². The fourth-order valence-corrected chi connectivity index (χ4v) is 2.46. The molecule has 1 aliphatic heterocycles. The predicted molar refractivity (Wildman–Crippen MR) is 76.6 cm³/mol. The Balaban J connectivity index is 2.05. The molecule has 0 saturated carbocycles. The van der Waals surface area contributed by atoms with E-state index in [4.69, 9.17) is 26.9 Å². The van der Waals surface area contributed by atoms with Crippen LogP contribution in [0, 0.1) is 22.7 Å². The molecule has 1 atom stereocenters. The fourth-order valence-electron chi connectivity index (χ4n) is 2.26. The number of rotatable bonds is 5. The smallest absolute Gasteiger partial charge is 0.264 e. The standard InChI is InChI=1S/C15H14ClN3O2/c16-12-3-4-13-11(9-12)10-14(21-13)15(20)19(7-1-5-17)8-2-6-18/h3-4,9,14H,1-2,7-8,10H2. The lowest BCUT2D eigenvalue weighted by Gasteiger charge is -2.23. The van der Waals surface area contributed by atoms with E-state index in [0.717, 1.165) is 5.56 Å². The van der Waals surface area contributed by atoms with Crippen molar-refractivity contribution >= 4 is 17.5 Å². The molecule has 0 radical (unpaired) electrons. The minimum absolute atomic E-state index is 0.187. The second-order valence-corrected chi connectivity index (χ2v) is 5.14. The molecule has 2 rings (SSSR count). The number of carbonyl (C=O) groups excluding carboxylic acids is 1. The zero-order chi connectivity index (χ0) is 15.2. The van der Waals surface area contributed by atoms with E-state index in [1.54, 1.807) is 18.2 Å². The highest BCUT2D eigenvalue weighted by Crippen LogP contribution is 2.31. The highest BCUT2D eigenvalue weighted by Gasteiger charge is 2.32. The monoisotopic (exact) mass is 303 g/mol. The van der Waals surface area contributed by atoms with Crippen molar-refractivity contribution in [3.8, 4) is 17.9 Å². The maximum Gasteiger partial charge on any atom is 0.264 e. The predicted octanol–water partition coefficient (Wildman–Crippen LogP) is 2.30. The minimum atomic E-state index is -0.601. The molecular weight excluding hydrogens is 290 g/mol. The number of nitriles is 2. The number of carbonyl (C=O) groups is 1. The number of fused-ring (bicyclic) bond motifs is 1. The van der Waals surface area contributed by atoms with E-state index in [2.05, 4.69) is 0 Å². The molecule has 1 aliphatic rings. The summed E-state index contributed by atoms with van der Waals surface area (Å²) in [5.41, 5.74) is 0.904. The highest BCUT2D eigenvalue weighted by atomic mass is 35.5. The molecule has 1 unspecified atom stereocenters. The van der Waals surface area contributed by atoms with Gasteiger partial charge >= 0.3 is 0 Å². The van der Waals surface area contributed by atoms with E-state index in [-0.39, 0.29) is 18.7 Å². The molecule has 108 valence electrons. The van der Waals surface area contributed by atoms with Crippen molar-refractivity contribution in [2.45, 2.75) is 25.4 Å². The Morgan fingerprint density at radius 1 is 1.33 bits per heavy atom. The summed E-state index contributed by atoms with van der Waals surface area (Å²) >= 11 is 5.93. The largest absolute Gasteiger partial charge is 0.480 e. The molecule has 1 heterocycles. The lowest BCUT2D eigenvalue weighted by atomic mass is 10.1. The Morgan fingerprint density at radius 3 is 2.62 bits per heavy atom. The average Bonchev–Trinajstić information content (AvgIpc) is 2.89. The zero-order valence-corrected chi connectivity index (χ0v) is 12.1. The molecule has 0 bridgehead atoms. The van der Waals surface area contributed by atoms with Crippen LogP contribution >= 0.6 is 11.6 Å². The van der Waals surface area contributed by atoms with Crippen LogP contribution in [0.4, 0.5) is 0 Å². The van der Waals surface area contributed by atoms with E-state index in [1.807, 2.05) is 12.1 Å². The number of nitrogens with zero attached hydrogens (tertiary/aromatic N) is 3. The summed E-state index contributed by atoms with van der Waals surface area (Å²) in [6.45, 7) is 0.627. The van der Waals surface area contributed by atoms with Gasteiger partial charge in [0.1, 0.15) is 5.75 Å². The number of hydrogen-bond donors (Lipinski definition) is 0. The molecule has 0 spiro atoms. The van der Waals surface area contributed by atoms with E-state index in [0.29, 0.717) is 30.3 Å². The lowest BCUT2D eigenvalue weighted by Crippen LogP contribution is -2.42. The Morgan fingerprint density at radius 2 is 2.00 bits per heavy atom. The maximum absolute atomic E-state index is 12.5. The van der Waals surface area contributed by atoms with Gasteiger partial charge in [-0.3, -0.25) is 4.79 Å². The SMILES string of the molecule is N#CCCN(CCC#N)C(=O)C1Cc2cc(Cl)ccc2O1. The summed E-state index contributed by atoms with van der Waals surface area (Å²) in [6, 6.07) is 9.28. The van der Waals surface area contributed by atoms with Crippen LogP contribution in [0.25, 0.3) is 0 Å². The van der Waals surface area contributed by atoms with Crippen LogP contribution in [0.3, 0.4) is 0 Å². The summed E-state index contributed by atoms with van der Waals surface area (Å²) in [4.78, 5) is 14.0. The first-order valence-electron chi connectivity index (χ1n) is 6.63. The van der Waals surface area contributed by atoms with Crippen molar-refractivity contribution in [3.05, 3.63) is 28.8 Å². The molecule has 0 aromatic heterocycles. The second kappa shape index (κ2) is 6.97. The Bertz CT molecular complexity index is 600. The van der Waals surface area contributed by atoms with Gasteiger partial charge in [0.15, 0.2) is 6.10 Å². The van der Waals surface area contributed by atoms with E-state index in [1.165, 1.54) is 4.90 Å². The van der Waals surface area contributed by atoms with Gasteiger partial charge in [-0.15, -0.1) is 0 Å². The first kappa shape index (κ1) is 15.2. The van der Waals surface area contributed by atoms with Gasteiger partial charge in [0.25, 0.3) is 5.91 Å². The van der Waals surface area contributed by atoms with E-state index in [9.17, 15) is 4.79 Å². The molecule has 1 amide bonds. The van der Waals surface area contributed by atoms with Crippen LogP contribution < -0.4 is 4.74 Å². The van der Waals surface area contributed by atoms with Crippen molar-refractivity contribution in [1.82, 2.24) is 4.90 Å². The van der Waals surface area contributed by atoms with Crippen molar-refractivity contribution in [1.29, 1.82) is 10.5 Å². The van der Waals surface area contributed by atoms with Gasteiger partial charge in [0, 0.05) is 24.5 Å². The summed E-state index contributed by atoms with van der Waals surface area (Å²) in [5.74, 6) is 0.478. The van der Waals surface area contributed by atoms with Crippen LogP contribution in [0.2, 0.25) is 5.02 Å². The molecule has 0 N–H and O–H groups in total. The summed E-state index contributed by atoms with van der Waals surface area (Å²) < 4.78 is 5.65. The second-order valence-electron chi connectivity index (χ2n) is 4.70. The van der Waals surface area contributed by atoms with E-state index >= 15 is 0 Å². The third kappa shape index (κ3) is 3.65. The maximum atomic E-state index is 12.5. The Hall–Kier alpha value is -2.24. The molecule has 1 aromatic rings. The fraction of sp³-hybridized carbons (Fsp3) is 0.400. The molecule has 0 fully saturated rings. The van der Waals surface area contributed by atoms with Crippen molar-refractivity contribution < 1.29 is 9.53 Å². The molecule has 1 aromatic carbocycles. The molecule has 6 heteroatoms. The lowest BCUT2D eigenvalue weighted by molar-refractivity contribution is -0.137. The molecule has 0 aliphatic carbocycles. The van der Waals surface area contributed by atoms with Crippen LogP contribution in [0.5, 0.6) is 5.75 Å². The first-order valence-corrected chi connectivity index (χ1v) is 7.01. The van der Waals surface area contributed by atoms with Crippen molar-refractivity contribution in [2.75, 3.05) is 13.1 Å². The van der Waals surface area contributed by atoms with Crippen molar-refractivity contribution in [2.24, 2.45) is 0 Å².